The smallest absolute Gasteiger partial charge is 0.143 e. The first-order valence-electron chi connectivity index (χ1n) is 6.69. The van der Waals surface area contributed by atoms with Crippen molar-refractivity contribution in [2.45, 2.75) is 25.8 Å². The van der Waals surface area contributed by atoms with Crippen molar-refractivity contribution in [1.29, 1.82) is 0 Å². The summed E-state index contributed by atoms with van der Waals surface area (Å²) in [5.74, 6) is 0.626. The molecule has 3 aromatic rings. The molecule has 0 N–H and O–H groups in total. The molecule has 2 aromatic heterocycles. The summed E-state index contributed by atoms with van der Waals surface area (Å²) < 4.78 is 15.6. The summed E-state index contributed by atoms with van der Waals surface area (Å²) in [5.41, 5.74) is 3.46. The van der Waals surface area contributed by atoms with Gasteiger partial charge in [0.15, 0.2) is 0 Å². The summed E-state index contributed by atoms with van der Waals surface area (Å²) in [4.78, 5) is 4.65. The molecule has 2 heterocycles. The normalized spacial score (nSPS) is 14.9. The van der Waals surface area contributed by atoms with Gasteiger partial charge in [-0.3, -0.25) is 0 Å². The molecule has 1 aliphatic carbocycles. The van der Waals surface area contributed by atoms with Gasteiger partial charge in [0.05, 0.1) is 22.9 Å². The lowest BCUT2D eigenvalue weighted by Crippen LogP contribution is -1.99. The van der Waals surface area contributed by atoms with Crippen molar-refractivity contribution in [3.05, 3.63) is 42.0 Å². The number of aromatic nitrogens is 4. The highest BCUT2D eigenvalue weighted by Gasteiger charge is 2.29. The third-order valence-electron chi connectivity index (χ3n) is 3.60. The first-order chi connectivity index (χ1) is 9.72. The molecule has 0 radical (unpaired) electrons. The van der Waals surface area contributed by atoms with E-state index in [1.54, 1.807) is 18.3 Å². The molecule has 1 saturated carbocycles. The molecular weight excluding hydrogens is 255 g/mol. The molecule has 1 fully saturated rings. The van der Waals surface area contributed by atoms with Gasteiger partial charge in [0.1, 0.15) is 11.6 Å². The number of aryl methyl sites for hydroxylation is 1. The van der Waals surface area contributed by atoms with E-state index in [4.69, 9.17) is 0 Å². The van der Waals surface area contributed by atoms with Gasteiger partial charge in [-0.15, -0.1) is 0 Å². The summed E-state index contributed by atoms with van der Waals surface area (Å²) >= 11 is 0. The number of imidazole rings is 1. The van der Waals surface area contributed by atoms with Gasteiger partial charge in [-0.2, -0.15) is 10.2 Å². The Kier molecular flexibility index (Phi) is 2.36. The molecule has 4 nitrogen and oxygen atoms in total. The Morgan fingerprint density at radius 3 is 2.85 bits per heavy atom. The Morgan fingerprint density at radius 2 is 2.10 bits per heavy atom. The van der Waals surface area contributed by atoms with Crippen LogP contribution in [-0.4, -0.2) is 19.7 Å². The lowest BCUT2D eigenvalue weighted by molar-refractivity contribution is 0.628. The second-order valence-electron chi connectivity index (χ2n) is 5.26. The van der Waals surface area contributed by atoms with Gasteiger partial charge in [0, 0.05) is 11.6 Å². The van der Waals surface area contributed by atoms with E-state index < -0.39 is 0 Å². The number of halogens is 1. The largest absolute Gasteiger partial charge is 0.321 e. The third kappa shape index (κ3) is 1.78. The molecule has 1 aromatic carbocycles. The van der Waals surface area contributed by atoms with Gasteiger partial charge in [0.25, 0.3) is 0 Å². The fraction of sp³-hybridized carbons (Fsp3) is 0.267. The Hall–Kier alpha value is -2.30. The SMILES string of the molecule is Cc1cc(-c2nc3ccc(F)cc3n2C2CC2)cnn1. The summed E-state index contributed by atoms with van der Waals surface area (Å²) in [7, 11) is 0. The molecule has 0 bridgehead atoms. The van der Waals surface area contributed by atoms with Crippen LogP contribution in [0.2, 0.25) is 0 Å². The minimum absolute atomic E-state index is 0.227. The molecule has 0 amide bonds. The predicted molar refractivity (Wildman–Crippen MR) is 73.7 cm³/mol. The molecule has 4 rings (SSSR count). The lowest BCUT2D eigenvalue weighted by atomic mass is 10.2. The van der Waals surface area contributed by atoms with Gasteiger partial charge < -0.3 is 4.57 Å². The van der Waals surface area contributed by atoms with E-state index in [1.165, 1.54) is 6.07 Å². The average molecular weight is 268 g/mol. The molecule has 0 atom stereocenters. The zero-order valence-corrected chi connectivity index (χ0v) is 11.0. The minimum Gasteiger partial charge on any atom is -0.321 e. The van der Waals surface area contributed by atoms with Crippen LogP contribution in [0.3, 0.4) is 0 Å². The van der Waals surface area contributed by atoms with Gasteiger partial charge in [-0.25, -0.2) is 9.37 Å². The van der Waals surface area contributed by atoms with Crippen LogP contribution in [0.15, 0.2) is 30.5 Å². The number of rotatable bonds is 2. The van der Waals surface area contributed by atoms with Crippen molar-refractivity contribution in [3.8, 4) is 11.4 Å². The van der Waals surface area contributed by atoms with Crippen molar-refractivity contribution in [2.75, 3.05) is 0 Å². The maximum absolute atomic E-state index is 13.5. The van der Waals surface area contributed by atoms with Crippen molar-refractivity contribution >= 4 is 11.0 Å². The number of benzene rings is 1. The molecule has 0 saturated heterocycles. The quantitative estimate of drug-likeness (QED) is 0.716. The Labute approximate surface area is 115 Å². The van der Waals surface area contributed by atoms with Crippen molar-refractivity contribution in [3.63, 3.8) is 0 Å². The van der Waals surface area contributed by atoms with Crippen LogP contribution in [0.4, 0.5) is 4.39 Å². The summed E-state index contributed by atoms with van der Waals surface area (Å²) in [6, 6.07) is 7.13. The maximum Gasteiger partial charge on any atom is 0.143 e. The minimum atomic E-state index is -0.227. The topological polar surface area (TPSA) is 43.6 Å². The number of fused-ring (bicyclic) bond motifs is 1. The Balaban J connectivity index is 2.01. The van der Waals surface area contributed by atoms with Crippen molar-refractivity contribution in [2.24, 2.45) is 0 Å². The molecule has 1 aliphatic rings. The second kappa shape index (κ2) is 4.10. The van der Waals surface area contributed by atoms with Crippen LogP contribution in [0.25, 0.3) is 22.4 Å². The van der Waals surface area contributed by atoms with E-state index in [0.717, 1.165) is 41.0 Å². The van der Waals surface area contributed by atoms with Crippen LogP contribution in [0.1, 0.15) is 24.6 Å². The fourth-order valence-electron chi connectivity index (χ4n) is 2.57. The summed E-state index contributed by atoms with van der Waals surface area (Å²) in [6.07, 6.45) is 3.95. The zero-order chi connectivity index (χ0) is 13.7. The maximum atomic E-state index is 13.5. The number of hydrogen-bond acceptors (Lipinski definition) is 3. The predicted octanol–water partition coefficient (Wildman–Crippen LogP) is 3.28. The van der Waals surface area contributed by atoms with E-state index in [9.17, 15) is 4.39 Å². The monoisotopic (exact) mass is 268 g/mol. The van der Waals surface area contributed by atoms with Gasteiger partial charge in [0.2, 0.25) is 0 Å². The van der Waals surface area contributed by atoms with E-state index in [2.05, 4.69) is 19.7 Å². The van der Waals surface area contributed by atoms with Crippen LogP contribution in [-0.2, 0) is 0 Å². The highest BCUT2D eigenvalue weighted by Crippen LogP contribution is 2.41. The molecule has 5 heteroatoms. The molecule has 20 heavy (non-hydrogen) atoms. The van der Waals surface area contributed by atoms with Gasteiger partial charge in [-0.05, 0) is 44.0 Å². The highest BCUT2D eigenvalue weighted by atomic mass is 19.1. The third-order valence-corrected chi connectivity index (χ3v) is 3.60. The first kappa shape index (κ1) is 11.5. The Bertz CT molecular complexity index is 805. The van der Waals surface area contributed by atoms with Gasteiger partial charge in [-0.1, -0.05) is 0 Å². The molecule has 100 valence electrons. The average Bonchev–Trinajstić information content (AvgIpc) is 3.19. The zero-order valence-electron chi connectivity index (χ0n) is 11.0. The van der Waals surface area contributed by atoms with Crippen LogP contribution in [0.5, 0.6) is 0 Å². The first-order valence-corrected chi connectivity index (χ1v) is 6.69. The number of hydrogen-bond donors (Lipinski definition) is 0. The Morgan fingerprint density at radius 1 is 1.25 bits per heavy atom. The van der Waals surface area contributed by atoms with E-state index in [0.29, 0.717) is 6.04 Å². The lowest BCUT2D eigenvalue weighted by Gasteiger charge is -2.07. The summed E-state index contributed by atoms with van der Waals surface area (Å²) in [5, 5.41) is 7.97. The van der Waals surface area contributed by atoms with Crippen molar-refractivity contribution in [1.82, 2.24) is 19.7 Å². The van der Waals surface area contributed by atoms with E-state index >= 15 is 0 Å². The van der Waals surface area contributed by atoms with Crippen LogP contribution >= 0.6 is 0 Å². The van der Waals surface area contributed by atoms with Crippen LogP contribution < -0.4 is 0 Å². The summed E-state index contributed by atoms with van der Waals surface area (Å²) in [6.45, 7) is 1.90. The molecule has 0 unspecified atom stereocenters. The van der Waals surface area contributed by atoms with E-state index in [1.807, 2.05) is 13.0 Å². The van der Waals surface area contributed by atoms with E-state index in [-0.39, 0.29) is 5.82 Å². The number of nitrogens with zero attached hydrogens (tertiary/aromatic N) is 4. The highest BCUT2D eigenvalue weighted by molar-refractivity contribution is 5.81. The van der Waals surface area contributed by atoms with Crippen LogP contribution in [0, 0.1) is 12.7 Å². The molecular formula is C15H13FN4. The molecule has 0 aliphatic heterocycles. The fourth-order valence-corrected chi connectivity index (χ4v) is 2.57. The van der Waals surface area contributed by atoms with Gasteiger partial charge >= 0.3 is 0 Å². The molecule has 0 spiro atoms. The second-order valence-corrected chi connectivity index (χ2v) is 5.26. The van der Waals surface area contributed by atoms with Crippen molar-refractivity contribution < 1.29 is 4.39 Å². The standard InChI is InChI=1S/C15H13FN4/c1-9-6-10(8-17-19-9)15-18-13-5-2-11(16)7-14(13)20(15)12-3-4-12/h2,5-8,12H,3-4H2,1H3.